The van der Waals surface area contributed by atoms with Crippen molar-refractivity contribution in [2.24, 2.45) is 5.92 Å². The Morgan fingerprint density at radius 3 is 2.50 bits per heavy atom. The molecule has 1 unspecified atom stereocenters. The third kappa shape index (κ3) is 6.53. The third-order valence-electron chi connectivity index (χ3n) is 4.30. The molecule has 0 saturated carbocycles. The molecule has 1 rings (SSSR count). The highest BCUT2D eigenvalue weighted by Crippen LogP contribution is 2.19. The molecule has 1 aliphatic rings. The minimum atomic E-state index is -0.136. The lowest BCUT2D eigenvalue weighted by Gasteiger charge is -2.34. The summed E-state index contributed by atoms with van der Waals surface area (Å²) >= 11 is 0. The summed E-state index contributed by atoms with van der Waals surface area (Å²) in [5.74, 6) is 0.751. The van der Waals surface area contributed by atoms with E-state index in [0.717, 1.165) is 31.9 Å². The second-order valence-corrected chi connectivity index (χ2v) is 6.86. The third-order valence-corrected chi connectivity index (χ3v) is 4.30. The summed E-state index contributed by atoms with van der Waals surface area (Å²) in [5.41, 5.74) is -0.136. The van der Waals surface area contributed by atoms with Gasteiger partial charge in [0.1, 0.15) is 0 Å². The standard InChI is InChI=1S/C16H34N2O2/c1-14(2)17-16(3,13-19)8-5-9-18-10-6-15(7-11-18)12-20-4/h14-15,17,19H,5-13H2,1-4H3. The van der Waals surface area contributed by atoms with Crippen LogP contribution in [-0.2, 0) is 4.74 Å². The fraction of sp³-hybridized carbons (Fsp3) is 1.00. The minimum absolute atomic E-state index is 0.136. The number of aliphatic hydroxyl groups excluding tert-OH is 1. The lowest BCUT2D eigenvalue weighted by atomic mass is 9.94. The van der Waals surface area contributed by atoms with E-state index >= 15 is 0 Å². The van der Waals surface area contributed by atoms with E-state index in [4.69, 9.17) is 4.74 Å². The van der Waals surface area contributed by atoms with Crippen molar-refractivity contribution in [3.63, 3.8) is 0 Å². The van der Waals surface area contributed by atoms with Crippen molar-refractivity contribution in [1.82, 2.24) is 10.2 Å². The number of piperidine rings is 1. The Bertz CT molecular complexity index is 253. The lowest BCUT2D eigenvalue weighted by Crippen LogP contribution is -2.49. The quantitative estimate of drug-likeness (QED) is 0.679. The molecule has 0 aliphatic carbocycles. The maximum Gasteiger partial charge on any atom is 0.0610 e. The van der Waals surface area contributed by atoms with Gasteiger partial charge in [-0.3, -0.25) is 0 Å². The Morgan fingerprint density at radius 2 is 2.00 bits per heavy atom. The molecule has 4 nitrogen and oxygen atoms in total. The maximum absolute atomic E-state index is 9.57. The summed E-state index contributed by atoms with van der Waals surface area (Å²) in [6, 6.07) is 0.414. The number of ether oxygens (including phenoxy) is 1. The van der Waals surface area contributed by atoms with Gasteiger partial charge in [0, 0.05) is 25.3 Å². The van der Waals surface area contributed by atoms with Crippen molar-refractivity contribution < 1.29 is 9.84 Å². The van der Waals surface area contributed by atoms with Gasteiger partial charge >= 0.3 is 0 Å². The second-order valence-electron chi connectivity index (χ2n) is 6.86. The predicted octanol–water partition coefficient (Wildman–Crippen LogP) is 1.87. The summed E-state index contributed by atoms with van der Waals surface area (Å²) in [6.07, 6.45) is 4.69. The first-order valence-corrected chi connectivity index (χ1v) is 8.09. The summed E-state index contributed by atoms with van der Waals surface area (Å²) in [7, 11) is 1.80. The van der Waals surface area contributed by atoms with Crippen LogP contribution in [0.1, 0.15) is 46.5 Å². The SMILES string of the molecule is COCC1CCN(CCCC(C)(CO)NC(C)C)CC1. The first-order chi connectivity index (χ1) is 9.49. The zero-order valence-corrected chi connectivity index (χ0v) is 13.8. The summed E-state index contributed by atoms with van der Waals surface area (Å²) < 4.78 is 5.24. The largest absolute Gasteiger partial charge is 0.394 e. The molecule has 1 heterocycles. The molecule has 20 heavy (non-hydrogen) atoms. The van der Waals surface area contributed by atoms with Crippen molar-refractivity contribution in [2.75, 3.05) is 40.0 Å². The van der Waals surface area contributed by atoms with E-state index in [1.54, 1.807) is 7.11 Å². The van der Waals surface area contributed by atoms with Crippen LogP contribution in [0.3, 0.4) is 0 Å². The number of nitrogens with one attached hydrogen (secondary N) is 1. The molecular weight excluding hydrogens is 252 g/mol. The van der Waals surface area contributed by atoms with Gasteiger partial charge < -0.3 is 20.1 Å². The number of nitrogens with zero attached hydrogens (tertiary/aromatic N) is 1. The highest BCUT2D eigenvalue weighted by molar-refractivity contribution is 4.84. The number of methoxy groups -OCH3 is 1. The van der Waals surface area contributed by atoms with Crippen molar-refractivity contribution in [3.8, 4) is 0 Å². The number of likely N-dealkylation sites (tertiary alicyclic amines) is 1. The van der Waals surface area contributed by atoms with Crippen LogP contribution in [0.15, 0.2) is 0 Å². The molecule has 0 aromatic carbocycles. The van der Waals surface area contributed by atoms with Gasteiger partial charge in [0.15, 0.2) is 0 Å². The Kier molecular flexibility index (Phi) is 8.03. The van der Waals surface area contributed by atoms with Crippen LogP contribution in [0.5, 0.6) is 0 Å². The molecule has 2 N–H and O–H groups in total. The van der Waals surface area contributed by atoms with E-state index in [2.05, 4.69) is 31.0 Å². The normalized spacial score (nSPS) is 21.3. The monoisotopic (exact) mass is 286 g/mol. The summed E-state index contributed by atoms with van der Waals surface area (Å²) in [5, 5.41) is 13.1. The van der Waals surface area contributed by atoms with Gasteiger partial charge in [-0.2, -0.15) is 0 Å². The molecule has 1 fully saturated rings. The van der Waals surface area contributed by atoms with Crippen LogP contribution >= 0.6 is 0 Å². The lowest BCUT2D eigenvalue weighted by molar-refractivity contribution is 0.0952. The van der Waals surface area contributed by atoms with Crippen LogP contribution in [0.25, 0.3) is 0 Å². The highest BCUT2D eigenvalue weighted by Gasteiger charge is 2.24. The fourth-order valence-corrected chi connectivity index (χ4v) is 3.20. The van der Waals surface area contributed by atoms with Gasteiger partial charge in [-0.15, -0.1) is 0 Å². The van der Waals surface area contributed by atoms with Crippen LogP contribution in [0, 0.1) is 5.92 Å². The average Bonchev–Trinajstić information content (AvgIpc) is 2.40. The van der Waals surface area contributed by atoms with Crippen molar-refractivity contribution in [1.29, 1.82) is 0 Å². The summed E-state index contributed by atoms with van der Waals surface area (Å²) in [6.45, 7) is 11.1. The van der Waals surface area contributed by atoms with E-state index in [1.807, 2.05) is 0 Å². The zero-order chi connectivity index (χ0) is 15.0. The van der Waals surface area contributed by atoms with E-state index < -0.39 is 0 Å². The predicted molar refractivity (Wildman–Crippen MR) is 84.0 cm³/mol. The van der Waals surface area contributed by atoms with E-state index in [9.17, 15) is 5.11 Å². The van der Waals surface area contributed by atoms with Gasteiger partial charge in [-0.25, -0.2) is 0 Å². The molecule has 1 atom stereocenters. The van der Waals surface area contributed by atoms with Crippen molar-refractivity contribution >= 4 is 0 Å². The average molecular weight is 286 g/mol. The molecule has 0 aromatic rings. The van der Waals surface area contributed by atoms with Crippen molar-refractivity contribution in [2.45, 2.75) is 58.0 Å². The zero-order valence-electron chi connectivity index (χ0n) is 13.8. The molecule has 0 radical (unpaired) electrons. The number of aliphatic hydroxyl groups is 1. The number of rotatable bonds is 9. The second kappa shape index (κ2) is 8.98. The number of hydrogen-bond acceptors (Lipinski definition) is 4. The fourth-order valence-electron chi connectivity index (χ4n) is 3.20. The van der Waals surface area contributed by atoms with Crippen LogP contribution in [0.2, 0.25) is 0 Å². The van der Waals surface area contributed by atoms with Crippen LogP contribution in [-0.4, -0.2) is 61.5 Å². The molecule has 4 heteroatoms. The molecule has 120 valence electrons. The molecule has 1 aliphatic heterocycles. The van der Waals surface area contributed by atoms with Gasteiger partial charge in [0.05, 0.1) is 6.61 Å². The first kappa shape index (κ1) is 17.9. The van der Waals surface area contributed by atoms with E-state index in [1.165, 1.54) is 25.9 Å². The molecular formula is C16H34N2O2. The molecule has 0 spiro atoms. The Balaban J connectivity index is 2.20. The smallest absolute Gasteiger partial charge is 0.0610 e. The highest BCUT2D eigenvalue weighted by atomic mass is 16.5. The van der Waals surface area contributed by atoms with Crippen LogP contribution in [0.4, 0.5) is 0 Å². The van der Waals surface area contributed by atoms with Gasteiger partial charge in [0.25, 0.3) is 0 Å². The summed E-state index contributed by atoms with van der Waals surface area (Å²) in [4.78, 5) is 2.55. The van der Waals surface area contributed by atoms with Gasteiger partial charge in [-0.1, -0.05) is 13.8 Å². The van der Waals surface area contributed by atoms with Gasteiger partial charge in [-0.05, 0) is 58.2 Å². The Hall–Kier alpha value is -0.160. The molecule has 0 bridgehead atoms. The Labute approximate surface area is 124 Å². The molecule has 1 saturated heterocycles. The maximum atomic E-state index is 9.57. The van der Waals surface area contributed by atoms with Crippen LogP contribution < -0.4 is 5.32 Å². The van der Waals surface area contributed by atoms with Crippen molar-refractivity contribution in [3.05, 3.63) is 0 Å². The molecule has 0 amide bonds. The first-order valence-electron chi connectivity index (χ1n) is 8.09. The van der Waals surface area contributed by atoms with E-state index in [0.29, 0.717) is 6.04 Å². The Morgan fingerprint density at radius 1 is 1.35 bits per heavy atom. The topological polar surface area (TPSA) is 44.7 Å². The molecule has 0 aromatic heterocycles. The number of hydrogen-bond donors (Lipinski definition) is 2. The van der Waals surface area contributed by atoms with Gasteiger partial charge in [0.2, 0.25) is 0 Å². The van der Waals surface area contributed by atoms with E-state index in [-0.39, 0.29) is 12.1 Å². The minimum Gasteiger partial charge on any atom is -0.394 e.